The molecule has 2 aromatic rings. The summed E-state index contributed by atoms with van der Waals surface area (Å²) in [7, 11) is -3.62. The third-order valence-corrected chi connectivity index (χ3v) is 4.81. The molecule has 20 heavy (non-hydrogen) atoms. The minimum atomic E-state index is -3.62. The van der Waals surface area contributed by atoms with E-state index in [4.69, 9.17) is 5.73 Å². The van der Waals surface area contributed by atoms with E-state index < -0.39 is 10.0 Å². The Bertz CT molecular complexity index is 697. The van der Waals surface area contributed by atoms with Crippen molar-refractivity contribution in [2.45, 2.75) is 18.7 Å². The zero-order valence-electron chi connectivity index (χ0n) is 11.4. The number of aryl methyl sites for hydroxylation is 1. The number of nitrogens with zero attached hydrogens (tertiary/aromatic N) is 2. The third kappa shape index (κ3) is 2.75. The van der Waals surface area contributed by atoms with Crippen LogP contribution in [0, 0.1) is 6.92 Å². The Hall–Kier alpha value is -2.08. The van der Waals surface area contributed by atoms with Gasteiger partial charge in [0.15, 0.2) is 0 Å². The normalized spacial score (nSPS) is 11.3. The molecule has 1 heterocycles. The first-order valence-corrected chi connectivity index (χ1v) is 7.70. The number of hydrogen-bond donors (Lipinski definition) is 1. The molecule has 6 heteroatoms. The van der Waals surface area contributed by atoms with Gasteiger partial charge in [-0.15, -0.1) is 0 Å². The van der Waals surface area contributed by atoms with E-state index in [1.165, 1.54) is 22.6 Å². The van der Waals surface area contributed by atoms with Crippen LogP contribution in [0.15, 0.2) is 47.5 Å². The van der Waals surface area contributed by atoms with Gasteiger partial charge in [0.05, 0.1) is 5.69 Å². The Balaban J connectivity index is 2.47. The molecule has 1 aromatic carbocycles. The zero-order valence-corrected chi connectivity index (χ0v) is 12.3. The number of nitrogens with two attached hydrogens (primary N) is 1. The molecule has 0 amide bonds. The standard InChI is InChI=1S/C14H17N3O2S/c1-3-17(12-6-4-5-11(2)9-12)20(18,19)13-7-8-14(15)16-10-13/h4-10H,3H2,1-2H3,(H2,15,16). The number of rotatable bonds is 4. The number of nitrogen functional groups attached to an aromatic ring is 1. The average Bonchev–Trinajstić information content (AvgIpc) is 2.40. The lowest BCUT2D eigenvalue weighted by Gasteiger charge is -2.23. The van der Waals surface area contributed by atoms with Gasteiger partial charge in [0, 0.05) is 12.7 Å². The molecule has 0 atom stereocenters. The maximum absolute atomic E-state index is 12.6. The maximum Gasteiger partial charge on any atom is 0.265 e. The van der Waals surface area contributed by atoms with Crippen LogP contribution in [-0.4, -0.2) is 19.9 Å². The highest BCUT2D eigenvalue weighted by Gasteiger charge is 2.23. The molecule has 2 N–H and O–H groups in total. The monoisotopic (exact) mass is 291 g/mol. The molecule has 0 aliphatic rings. The lowest BCUT2D eigenvalue weighted by Crippen LogP contribution is -2.30. The first-order chi connectivity index (χ1) is 9.45. The van der Waals surface area contributed by atoms with Crippen LogP contribution in [0.5, 0.6) is 0 Å². The summed E-state index contributed by atoms with van der Waals surface area (Å²) < 4.78 is 26.6. The number of pyridine rings is 1. The van der Waals surface area contributed by atoms with Crippen LogP contribution >= 0.6 is 0 Å². The van der Waals surface area contributed by atoms with Gasteiger partial charge in [-0.2, -0.15) is 0 Å². The summed E-state index contributed by atoms with van der Waals surface area (Å²) >= 11 is 0. The lowest BCUT2D eigenvalue weighted by atomic mass is 10.2. The van der Waals surface area contributed by atoms with Crippen molar-refractivity contribution in [1.29, 1.82) is 0 Å². The molecular weight excluding hydrogens is 274 g/mol. The molecule has 0 fully saturated rings. The van der Waals surface area contributed by atoms with Crippen LogP contribution in [0.4, 0.5) is 11.5 Å². The highest BCUT2D eigenvalue weighted by Crippen LogP contribution is 2.24. The molecule has 5 nitrogen and oxygen atoms in total. The molecule has 2 rings (SSSR count). The summed E-state index contributed by atoms with van der Waals surface area (Å²) in [4.78, 5) is 3.98. The molecule has 0 saturated carbocycles. The van der Waals surface area contributed by atoms with Crippen molar-refractivity contribution in [3.05, 3.63) is 48.2 Å². The van der Waals surface area contributed by atoms with Gasteiger partial charge in [-0.25, -0.2) is 13.4 Å². The second kappa shape index (κ2) is 5.50. The average molecular weight is 291 g/mol. The molecule has 1 aromatic heterocycles. The minimum absolute atomic E-state index is 0.134. The minimum Gasteiger partial charge on any atom is -0.384 e. The Morgan fingerprint density at radius 3 is 2.55 bits per heavy atom. The number of sulfonamides is 1. The Labute approximate surface area is 119 Å². The van der Waals surface area contributed by atoms with Gasteiger partial charge in [0.1, 0.15) is 10.7 Å². The van der Waals surface area contributed by atoms with Crippen LogP contribution in [0.1, 0.15) is 12.5 Å². The smallest absolute Gasteiger partial charge is 0.265 e. The summed E-state index contributed by atoms with van der Waals surface area (Å²) in [6.45, 7) is 4.06. The van der Waals surface area contributed by atoms with Crippen LogP contribution < -0.4 is 10.0 Å². The summed E-state index contributed by atoms with van der Waals surface area (Å²) in [5.41, 5.74) is 7.14. The van der Waals surface area contributed by atoms with Crippen molar-refractivity contribution in [3.8, 4) is 0 Å². The third-order valence-electron chi connectivity index (χ3n) is 2.92. The SMILES string of the molecule is CCN(c1cccc(C)c1)S(=O)(=O)c1ccc(N)nc1. The van der Waals surface area contributed by atoms with E-state index >= 15 is 0 Å². The van der Waals surface area contributed by atoms with Gasteiger partial charge < -0.3 is 5.73 Å². The van der Waals surface area contributed by atoms with Crippen LogP contribution in [0.25, 0.3) is 0 Å². The van der Waals surface area contributed by atoms with Crippen LogP contribution in [-0.2, 0) is 10.0 Å². The number of aromatic nitrogens is 1. The topological polar surface area (TPSA) is 76.3 Å². The fourth-order valence-electron chi connectivity index (χ4n) is 1.95. The Kier molecular flexibility index (Phi) is 3.94. The van der Waals surface area contributed by atoms with E-state index in [1.54, 1.807) is 13.0 Å². The Morgan fingerprint density at radius 2 is 2.00 bits per heavy atom. The predicted molar refractivity (Wildman–Crippen MR) is 80.0 cm³/mol. The van der Waals surface area contributed by atoms with Crippen LogP contribution in [0.3, 0.4) is 0 Å². The predicted octanol–water partition coefficient (Wildman–Crippen LogP) is 2.19. The Morgan fingerprint density at radius 1 is 1.25 bits per heavy atom. The maximum atomic E-state index is 12.6. The van der Waals surface area contributed by atoms with E-state index in [0.717, 1.165) is 5.56 Å². The van der Waals surface area contributed by atoms with Crippen molar-refractivity contribution >= 4 is 21.5 Å². The second-order valence-electron chi connectivity index (χ2n) is 4.43. The second-order valence-corrected chi connectivity index (χ2v) is 6.29. The number of hydrogen-bond acceptors (Lipinski definition) is 4. The van der Waals surface area contributed by atoms with Crippen molar-refractivity contribution in [2.75, 3.05) is 16.6 Å². The quantitative estimate of drug-likeness (QED) is 0.936. The summed E-state index contributed by atoms with van der Waals surface area (Å²) in [5, 5.41) is 0. The van der Waals surface area contributed by atoms with Gasteiger partial charge in [0.2, 0.25) is 0 Å². The molecule has 0 bridgehead atoms. The molecular formula is C14H17N3O2S. The van der Waals surface area contributed by atoms with Gasteiger partial charge in [-0.05, 0) is 43.7 Å². The highest BCUT2D eigenvalue weighted by molar-refractivity contribution is 7.92. The molecule has 0 spiro atoms. The first-order valence-electron chi connectivity index (χ1n) is 6.26. The molecule has 0 saturated heterocycles. The van der Waals surface area contributed by atoms with Crippen molar-refractivity contribution in [1.82, 2.24) is 4.98 Å². The van der Waals surface area contributed by atoms with Gasteiger partial charge in [-0.1, -0.05) is 12.1 Å². The van der Waals surface area contributed by atoms with Crippen LogP contribution in [0.2, 0.25) is 0 Å². The van der Waals surface area contributed by atoms with Gasteiger partial charge >= 0.3 is 0 Å². The van der Waals surface area contributed by atoms with E-state index in [1.807, 2.05) is 25.1 Å². The molecule has 0 aliphatic carbocycles. The lowest BCUT2D eigenvalue weighted by molar-refractivity contribution is 0.591. The first kappa shape index (κ1) is 14.3. The van der Waals surface area contributed by atoms with Gasteiger partial charge in [-0.3, -0.25) is 4.31 Å². The largest absolute Gasteiger partial charge is 0.384 e. The number of anilines is 2. The molecule has 0 aliphatic heterocycles. The van der Waals surface area contributed by atoms with E-state index in [-0.39, 0.29) is 4.90 Å². The summed E-state index contributed by atoms with van der Waals surface area (Å²) in [5.74, 6) is 0.294. The van der Waals surface area contributed by atoms with E-state index in [9.17, 15) is 8.42 Å². The van der Waals surface area contributed by atoms with E-state index in [2.05, 4.69) is 4.98 Å². The molecule has 106 valence electrons. The summed E-state index contributed by atoms with van der Waals surface area (Å²) in [6, 6.07) is 10.3. The number of benzene rings is 1. The fourth-order valence-corrected chi connectivity index (χ4v) is 3.36. The zero-order chi connectivity index (χ0) is 14.8. The summed E-state index contributed by atoms with van der Waals surface area (Å²) in [6.07, 6.45) is 1.28. The highest BCUT2D eigenvalue weighted by atomic mass is 32.2. The van der Waals surface area contributed by atoms with Crippen molar-refractivity contribution in [2.24, 2.45) is 0 Å². The van der Waals surface area contributed by atoms with E-state index in [0.29, 0.717) is 18.1 Å². The molecule has 0 radical (unpaired) electrons. The fraction of sp³-hybridized carbons (Fsp3) is 0.214. The van der Waals surface area contributed by atoms with Gasteiger partial charge in [0.25, 0.3) is 10.0 Å². The van der Waals surface area contributed by atoms with Crippen molar-refractivity contribution < 1.29 is 8.42 Å². The molecule has 0 unspecified atom stereocenters. The van der Waals surface area contributed by atoms with Crippen molar-refractivity contribution in [3.63, 3.8) is 0 Å².